The van der Waals surface area contributed by atoms with E-state index in [9.17, 15) is 70.9 Å². The first-order valence-corrected chi connectivity index (χ1v) is 23.6. The van der Waals surface area contributed by atoms with Gasteiger partial charge in [-0.15, -0.1) is 0 Å². The van der Waals surface area contributed by atoms with Crippen LogP contribution in [0.5, 0.6) is 0 Å². The maximum atomic E-state index is 13.7. The van der Waals surface area contributed by atoms with Crippen LogP contribution in [0.4, 0.5) is 0 Å². The summed E-state index contributed by atoms with van der Waals surface area (Å²) in [7, 11) is 0. The second-order valence-corrected chi connectivity index (χ2v) is 18.4. The summed E-state index contributed by atoms with van der Waals surface area (Å²) in [5, 5.41) is 131. The van der Waals surface area contributed by atoms with E-state index in [0.29, 0.717) is 0 Å². The van der Waals surface area contributed by atoms with Crippen LogP contribution in [-0.2, 0) is 28.5 Å². The molecule has 3 aliphatic rings. The highest BCUT2D eigenvalue weighted by molar-refractivity contribution is 5.80. The normalized spacial score (nSPS) is 42.5. The lowest BCUT2D eigenvalue weighted by molar-refractivity contribution is -0.304. The quantitative estimate of drug-likeness (QED) is 0.138. The number of esters is 1. The van der Waals surface area contributed by atoms with Gasteiger partial charge in [0.25, 0.3) is 0 Å². The SMILES string of the molecule is C[C@@H]1[C@H](O)[C@@H](C)/C=C/C=C/C=C/C=C/C=C/C=C/C=C/[C@H](O[C@@H]2OC[C@@H](O)[C@H](N)[C@H]2O)C[C@@H]2O[C@](O)(C[C@@H](O)CC(O)C(O)CCC(O)CC(O)CC(=O)O[C@H]1C)C[C@H](O)C2C(=O)NC(CO)CO. The number of cyclic esters (lactones) is 1. The van der Waals surface area contributed by atoms with Crippen molar-refractivity contribution in [2.24, 2.45) is 23.5 Å². The molecule has 0 radical (unpaired) electrons. The number of amides is 1. The minimum atomic E-state index is -2.35. The lowest BCUT2D eigenvalue weighted by Gasteiger charge is -2.46. The summed E-state index contributed by atoms with van der Waals surface area (Å²) >= 11 is 0. The Hall–Kier alpha value is -3.52. The molecule has 0 spiro atoms. The number of hydrogen-bond acceptors (Lipinski definition) is 19. The van der Waals surface area contributed by atoms with Gasteiger partial charge in [-0.25, -0.2) is 0 Å². The van der Waals surface area contributed by atoms with E-state index in [1.807, 2.05) is 13.0 Å². The van der Waals surface area contributed by atoms with E-state index in [1.54, 1.807) is 86.8 Å². The van der Waals surface area contributed by atoms with Crippen molar-refractivity contribution < 1.29 is 89.8 Å². The average molecular weight is 983 g/mol. The average Bonchev–Trinajstić information content (AvgIpc) is 3.28. The molecule has 2 fully saturated rings. The highest BCUT2D eigenvalue weighted by atomic mass is 16.7. The molecule has 3 rings (SSSR count). The molecule has 0 saturated carbocycles. The smallest absolute Gasteiger partial charge is 0.308 e. The van der Waals surface area contributed by atoms with E-state index in [0.717, 1.165) is 0 Å². The van der Waals surface area contributed by atoms with Crippen molar-refractivity contribution in [1.29, 1.82) is 0 Å². The fraction of sp³-hybridized carbons (Fsp3) is 0.673. The molecule has 0 aromatic heterocycles. The minimum Gasteiger partial charge on any atom is -0.462 e. The maximum absolute atomic E-state index is 13.7. The number of carbonyl (C=O) groups excluding carboxylic acids is 2. The number of aliphatic hydroxyl groups excluding tert-OH is 11. The highest BCUT2D eigenvalue weighted by Crippen LogP contribution is 2.38. The van der Waals surface area contributed by atoms with Crippen LogP contribution in [0.15, 0.2) is 85.1 Å². The van der Waals surface area contributed by atoms with Crippen LogP contribution in [-0.4, -0.2) is 190 Å². The third kappa shape index (κ3) is 20.6. The predicted octanol–water partition coefficient (Wildman–Crippen LogP) is -1.29. The van der Waals surface area contributed by atoms with Gasteiger partial charge >= 0.3 is 5.97 Å². The summed E-state index contributed by atoms with van der Waals surface area (Å²) in [4.78, 5) is 26.3. The molecule has 1 amide bonds. The zero-order valence-corrected chi connectivity index (χ0v) is 39.6. The van der Waals surface area contributed by atoms with Gasteiger partial charge in [0.2, 0.25) is 5.91 Å². The van der Waals surface area contributed by atoms with E-state index >= 15 is 0 Å². The molecule has 69 heavy (non-hydrogen) atoms. The molecule has 0 aliphatic carbocycles. The monoisotopic (exact) mass is 983 g/mol. The second kappa shape index (κ2) is 30.4. The van der Waals surface area contributed by atoms with E-state index in [1.165, 1.54) is 6.08 Å². The second-order valence-electron chi connectivity index (χ2n) is 18.4. The largest absolute Gasteiger partial charge is 0.462 e. The Morgan fingerprint density at radius 3 is 1.90 bits per heavy atom. The van der Waals surface area contributed by atoms with Crippen molar-refractivity contribution in [3.8, 4) is 0 Å². The summed E-state index contributed by atoms with van der Waals surface area (Å²) in [5.74, 6) is -6.17. The number of nitrogens with one attached hydrogen (secondary N) is 1. The number of ether oxygens (including phenoxy) is 4. The number of fused-ring (bicyclic) bond motifs is 2. The molecule has 3 aliphatic heterocycles. The van der Waals surface area contributed by atoms with Crippen molar-refractivity contribution in [2.45, 2.75) is 170 Å². The molecule has 5 unspecified atom stereocenters. The third-order valence-electron chi connectivity index (χ3n) is 12.5. The molecular formula is C49H78N2O18. The molecule has 0 aromatic carbocycles. The summed E-state index contributed by atoms with van der Waals surface area (Å²) in [6.45, 7) is 3.62. The van der Waals surface area contributed by atoms with Crippen molar-refractivity contribution in [3.05, 3.63) is 85.1 Å². The standard InChI is InChI=1S/C49H78N2O18/c1-29-16-14-12-10-8-6-4-5-7-9-11-13-15-17-36(68-48-46(63)44(50)40(60)28-66-48)23-41-43(47(64)51-32(26-52)27-53)39(59)25-49(65,69-41)24-35(56)21-38(58)37(57)19-18-33(54)20-34(55)22-42(61)67-31(3)30(2)45(29)62/h4-17,29-41,43-46,48,52-60,62-63,65H,18-28,50H2,1-3H3,(H,51,64)/b5-4+,8-6+,9-7+,12-10+,13-11+,16-14+,17-15+/t29-,30-,31-,33?,34?,35-,36-,37?,38?,39-,40+,41-,43?,44-,45+,46+,48-,49+/m0/s1. The number of aliphatic hydroxyl groups is 12. The van der Waals surface area contributed by atoms with Crippen LogP contribution in [0.2, 0.25) is 0 Å². The Balaban J connectivity index is 1.92. The molecule has 392 valence electrons. The van der Waals surface area contributed by atoms with Crippen LogP contribution < -0.4 is 11.1 Å². The fourth-order valence-corrected chi connectivity index (χ4v) is 8.19. The van der Waals surface area contributed by atoms with Gasteiger partial charge in [0.15, 0.2) is 12.1 Å². The number of carbonyl (C=O) groups is 2. The van der Waals surface area contributed by atoms with Gasteiger partial charge in [-0.2, -0.15) is 0 Å². The minimum absolute atomic E-state index is 0.120. The first kappa shape index (κ1) is 59.8. The van der Waals surface area contributed by atoms with Gasteiger partial charge in [0, 0.05) is 37.5 Å². The fourth-order valence-electron chi connectivity index (χ4n) is 8.19. The molecule has 15 N–H and O–H groups in total. The molecule has 20 nitrogen and oxygen atoms in total. The van der Waals surface area contributed by atoms with Gasteiger partial charge in [-0.1, -0.05) is 98.9 Å². The van der Waals surface area contributed by atoms with E-state index in [2.05, 4.69) is 5.32 Å². The molecule has 18 atom stereocenters. The molecular weight excluding hydrogens is 905 g/mol. The Morgan fingerprint density at radius 2 is 1.30 bits per heavy atom. The van der Waals surface area contributed by atoms with Crippen LogP contribution in [0.25, 0.3) is 0 Å². The summed E-state index contributed by atoms with van der Waals surface area (Å²) < 4.78 is 23.2. The van der Waals surface area contributed by atoms with Gasteiger partial charge < -0.3 is 91.3 Å². The molecule has 2 bridgehead atoms. The topological polar surface area (TPSA) is 352 Å². The molecule has 3 heterocycles. The van der Waals surface area contributed by atoms with Crippen molar-refractivity contribution in [2.75, 3.05) is 19.8 Å². The summed E-state index contributed by atoms with van der Waals surface area (Å²) in [5.41, 5.74) is 5.98. The van der Waals surface area contributed by atoms with Crippen LogP contribution in [0.1, 0.15) is 72.1 Å². The zero-order chi connectivity index (χ0) is 51.3. The number of rotatable bonds is 6. The first-order valence-electron chi connectivity index (χ1n) is 23.6. The number of allylic oxidation sites excluding steroid dienone is 12. The Morgan fingerprint density at radius 1 is 0.725 bits per heavy atom. The Kier molecular flexibility index (Phi) is 26.3. The van der Waals surface area contributed by atoms with Crippen molar-refractivity contribution in [3.63, 3.8) is 0 Å². The molecule has 2 saturated heterocycles. The summed E-state index contributed by atoms with van der Waals surface area (Å²) in [6.07, 6.45) is 4.16. The van der Waals surface area contributed by atoms with Gasteiger partial charge in [0.05, 0.1) is 105 Å². The third-order valence-corrected chi connectivity index (χ3v) is 12.5. The van der Waals surface area contributed by atoms with E-state index in [-0.39, 0.29) is 38.2 Å². The number of hydrogen-bond donors (Lipinski definition) is 14. The van der Waals surface area contributed by atoms with Crippen LogP contribution in [0, 0.1) is 17.8 Å². The lowest BCUT2D eigenvalue weighted by Crippen LogP contribution is -2.60. The Bertz CT molecular complexity index is 1740. The van der Waals surface area contributed by atoms with Gasteiger partial charge in [-0.05, 0) is 26.2 Å². The molecule has 20 heteroatoms. The summed E-state index contributed by atoms with van der Waals surface area (Å²) in [6, 6.07) is -2.27. The maximum Gasteiger partial charge on any atom is 0.308 e. The van der Waals surface area contributed by atoms with Gasteiger partial charge in [-0.3, -0.25) is 9.59 Å². The van der Waals surface area contributed by atoms with Crippen molar-refractivity contribution >= 4 is 11.9 Å². The van der Waals surface area contributed by atoms with E-state index < -0.39 is 160 Å². The lowest BCUT2D eigenvalue weighted by atomic mass is 9.82. The molecule has 0 aromatic rings. The van der Waals surface area contributed by atoms with Crippen LogP contribution >= 0.6 is 0 Å². The first-order chi connectivity index (χ1) is 32.7. The van der Waals surface area contributed by atoms with Crippen LogP contribution in [0.3, 0.4) is 0 Å². The number of nitrogens with two attached hydrogens (primary N) is 1. The van der Waals surface area contributed by atoms with E-state index in [4.69, 9.17) is 24.7 Å². The van der Waals surface area contributed by atoms with Gasteiger partial charge in [0.1, 0.15) is 12.2 Å². The Labute approximate surface area is 404 Å². The zero-order valence-electron chi connectivity index (χ0n) is 39.6. The predicted molar refractivity (Wildman–Crippen MR) is 251 cm³/mol. The van der Waals surface area contributed by atoms with Crippen molar-refractivity contribution in [1.82, 2.24) is 5.32 Å². The highest BCUT2D eigenvalue weighted by Gasteiger charge is 2.51.